The highest BCUT2D eigenvalue weighted by atomic mass is 32.2. The minimum Gasteiger partial charge on any atom is -0.347 e. The van der Waals surface area contributed by atoms with Crippen molar-refractivity contribution in [1.82, 2.24) is 5.32 Å². The van der Waals surface area contributed by atoms with Crippen molar-refractivity contribution in [3.8, 4) is 6.07 Å². The number of amides is 1. The molecule has 5 nitrogen and oxygen atoms in total. The quantitative estimate of drug-likeness (QED) is 0.831. The third-order valence-corrected chi connectivity index (χ3v) is 6.67. The monoisotopic (exact) mass is 368 g/mol. The van der Waals surface area contributed by atoms with Crippen LogP contribution in [0.5, 0.6) is 0 Å². The zero-order valence-electron chi connectivity index (χ0n) is 13.7. The van der Waals surface area contributed by atoms with E-state index in [1.807, 2.05) is 0 Å². The maximum absolute atomic E-state index is 13.6. The van der Waals surface area contributed by atoms with Gasteiger partial charge in [-0.15, -0.1) is 0 Å². The second-order valence-electron chi connectivity index (χ2n) is 7.16. The Hall–Kier alpha value is -2.01. The van der Waals surface area contributed by atoms with E-state index in [0.717, 1.165) is 6.26 Å². The lowest BCUT2D eigenvalue weighted by Crippen LogP contribution is -2.56. The van der Waals surface area contributed by atoms with Crippen LogP contribution in [0.3, 0.4) is 0 Å². The van der Waals surface area contributed by atoms with Crippen molar-refractivity contribution >= 4 is 15.7 Å². The molecular formula is C17H18F2N2O3S. The first kappa shape index (κ1) is 17.8. The van der Waals surface area contributed by atoms with Crippen LogP contribution in [0.2, 0.25) is 0 Å². The van der Waals surface area contributed by atoms with Gasteiger partial charge < -0.3 is 5.32 Å². The molecule has 0 radical (unpaired) electrons. The number of sulfone groups is 1. The van der Waals surface area contributed by atoms with Crippen molar-refractivity contribution in [1.29, 1.82) is 5.26 Å². The summed E-state index contributed by atoms with van der Waals surface area (Å²) in [7, 11) is -3.90. The van der Waals surface area contributed by atoms with Gasteiger partial charge >= 0.3 is 0 Å². The Morgan fingerprint density at radius 3 is 2.12 bits per heavy atom. The highest BCUT2D eigenvalue weighted by Gasteiger charge is 2.49. The molecule has 3 aliphatic carbocycles. The van der Waals surface area contributed by atoms with Crippen LogP contribution in [-0.2, 0) is 9.84 Å². The summed E-state index contributed by atoms with van der Waals surface area (Å²) in [4.78, 5) is 12.1. The number of nitrogens with one attached hydrogen (secondary N) is 1. The minimum atomic E-state index is -3.90. The summed E-state index contributed by atoms with van der Waals surface area (Å²) in [6, 6.07) is 3.54. The van der Waals surface area contributed by atoms with Gasteiger partial charge in [-0.1, -0.05) is 0 Å². The summed E-state index contributed by atoms with van der Waals surface area (Å²) in [5.41, 5.74) is -1.24. The normalized spacial score (nSPS) is 28.4. The average molecular weight is 368 g/mol. The number of benzene rings is 1. The average Bonchev–Trinajstić information content (AvgIpc) is 2.57. The summed E-state index contributed by atoms with van der Waals surface area (Å²) in [5, 5.41) is 12.1. The minimum absolute atomic E-state index is 0.327. The van der Waals surface area contributed by atoms with E-state index in [0.29, 0.717) is 50.7 Å². The summed E-state index contributed by atoms with van der Waals surface area (Å²) in [5.74, 6) is -3.32. The fourth-order valence-electron chi connectivity index (χ4n) is 3.86. The largest absolute Gasteiger partial charge is 0.347 e. The molecule has 2 bridgehead atoms. The zero-order valence-corrected chi connectivity index (χ0v) is 14.5. The highest BCUT2D eigenvalue weighted by Crippen LogP contribution is 2.52. The van der Waals surface area contributed by atoms with Crippen molar-refractivity contribution in [2.45, 2.75) is 49.0 Å². The molecule has 1 amide bonds. The molecule has 8 heteroatoms. The van der Waals surface area contributed by atoms with E-state index in [9.17, 15) is 27.3 Å². The van der Waals surface area contributed by atoms with E-state index in [2.05, 4.69) is 11.4 Å². The van der Waals surface area contributed by atoms with Gasteiger partial charge in [-0.05, 0) is 50.7 Å². The molecule has 0 aliphatic heterocycles. The molecular weight excluding hydrogens is 350 g/mol. The van der Waals surface area contributed by atoms with Crippen molar-refractivity contribution < 1.29 is 22.0 Å². The number of fused-ring (bicyclic) bond motifs is 3. The first-order valence-electron chi connectivity index (χ1n) is 8.03. The molecule has 0 heterocycles. The lowest BCUT2D eigenvalue weighted by molar-refractivity contribution is 0.0519. The first-order valence-corrected chi connectivity index (χ1v) is 9.92. The molecule has 3 fully saturated rings. The standard InChI is InChI=1S/C17H18F2N2O3S/c1-25(23,24)14-9-13(19)12(18)8-11(14)15(22)21-17-5-2-16(10-20,3-6-17)4-7-17/h8-9H,2-7H2,1H3,(H,21,22). The third kappa shape index (κ3) is 3.13. The van der Waals surface area contributed by atoms with Crippen LogP contribution in [0, 0.1) is 28.4 Å². The van der Waals surface area contributed by atoms with Crippen LogP contribution in [0.25, 0.3) is 0 Å². The molecule has 3 aliphatic rings. The van der Waals surface area contributed by atoms with Crippen LogP contribution in [0.4, 0.5) is 8.78 Å². The second kappa shape index (κ2) is 5.77. The van der Waals surface area contributed by atoms with Crippen LogP contribution in [-0.4, -0.2) is 26.1 Å². The van der Waals surface area contributed by atoms with Crippen molar-refractivity contribution in [3.63, 3.8) is 0 Å². The Morgan fingerprint density at radius 1 is 1.12 bits per heavy atom. The highest BCUT2D eigenvalue weighted by molar-refractivity contribution is 7.90. The van der Waals surface area contributed by atoms with Gasteiger partial charge in [0.25, 0.3) is 5.91 Å². The predicted molar refractivity (Wildman–Crippen MR) is 85.4 cm³/mol. The number of rotatable bonds is 3. The molecule has 25 heavy (non-hydrogen) atoms. The summed E-state index contributed by atoms with van der Waals surface area (Å²) in [6.07, 6.45) is 4.69. The van der Waals surface area contributed by atoms with Crippen LogP contribution >= 0.6 is 0 Å². The first-order chi connectivity index (χ1) is 11.6. The molecule has 3 saturated carbocycles. The molecule has 1 aromatic rings. The molecule has 0 saturated heterocycles. The number of hydrogen-bond donors (Lipinski definition) is 1. The maximum Gasteiger partial charge on any atom is 0.253 e. The second-order valence-corrected chi connectivity index (χ2v) is 9.15. The fraction of sp³-hybridized carbons (Fsp3) is 0.529. The Morgan fingerprint density at radius 2 is 1.64 bits per heavy atom. The lowest BCUT2D eigenvalue weighted by atomic mass is 9.58. The SMILES string of the molecule is CS(=O)(=O)c1cc(F)c(F)cc1C(=O)NC12CCC(C#N)(CC1)CC2. The summed E-state index contributed by atoms with van der Waals surface area (Å²) < 4.78 is 50.7. The number of carbonyl (C=O) groups excluding carboxylic acids is 1. The molecule has 0 spiro atoms. The van der Waals surface area contributed by atoms with E-state index >= 15 is 0 Å². The van der Waals surface area contributed by atoms with E-state index in [1.54, 1.807) is 0 Å². The number of nitrogens with zero attached hydrogens (tertiary/aromatic N) is 1. The van der Waals surface area contributed by atoms with Crippen LogP contribution < -0.4 is 5.32 Å². The van der Waals surface area contributed by atoms with Gasteiger partial charge in [-0.2, -0.15) is 5.26 Å². The van der Waals surface area contributed by atoms with Gasteiger partial charge in [0, 0.05) is 11.8 Å². The number of carbonyl (C=O) groups is 1. The Labute approximate surface area is 144 Å². The topological polar surface area (TPSA) is 87.0 Å². The van der Waals surface area contributed by atoms with Crippen molar-refractivity contribution in [2.75, 3.05) is 6.26 Å². The van der Waals surface area contributed by atoms with Gasteiger partial charge in [0.05, 0.1) is 21.9 Å². The van der Waals surface area contributed by atoms with E-state index in [1.165, 1.54) is 0 Å². The van der Waals surface area contributed by atoms with Crippen LogP contribution in [0.1, 0.15) is 48.9 Å². The molecule has 0 unspecified atom stereocenters. The van der Waals surface area contributed by atoms with Crippen molar-refractivity contribution in [2.24, 2.45) is 5.41 Å². The van der Waals surface area contributed by atoms with Crippen molar-refractivity contribution in [3.05, 3.63) is 29.3 Å². The summed E-state index contributed by atoms with van der Waals surface area (Å²) >= 11 is 0. The molecule has 0 aromatic heterocycles. The molecule has 1 aromatic carbocycles. The Balaban J connectivity index is 1.91. The predicted octanol–water partition coefficient (Wildman–Crippen LogP) is 2.71. The number of hydrogen-bond acceptors (Lipinski definition) is 4. The lowest BCUT2D eigenvalue weighted by Gasteiger charge is -2.50. The van der Waals surface area contributed by atoms with Crippen LogP contribution in [0.15, 0.2) is 17.0 Å². The number of nitriles is 1. The molecule has 1 N–H and O–H groups in total. The molecule has 0 atom stereocenters. The van der Waals surface area contributed by atoms with E-state index in [-0.39, 0.29) is 5.41 Å². The zero-order chi connectivity index (χ0) is 18.5. The Kier molecular flexibility index (Phi) is 4.11. The third-order valence-electron chi connectivity index (χ3n) is 5.53. The van der Waals surface area contributed by atoms with Gasteiger partial charge in [0.2, 0.25) is 0 Å². The number of halogens is 2. The van der Waals surface area contributed by atoms with Gasteiger partial charge in [-0.3, -0.25) is 4.79 Å². The summed E-state index contributed by atoms with van der Waals surface area (Å²) in [6.45, 7) is 0. The van der Waals surface area contributed by atoms with Gasteiger partial charge in [0.15, 0.2) is 21.5 Å². The van der Waals surface area contributed by atoms with Gasteiger partial charge in [-0.25, -0.2) is 17.2 Å². The maximum atomic E-state index is 13.6. The molecule has 134 valence electrons. The van der Waals surface area contributed by atoms with E-state index < -0.39 is 43.4 Å². The smallest absolute Gasteiger partial charge is 0.253 e. The fourth-order valence-corrected chi connectivity index (χ4v) is 4.73. The van der Waals surface area contributed by atoms with Gasteiger partial charge in [0.1, 0.15) is 0 Å². The Bertz CT molecular complexity index is 865. The molecule has 4 rings (SSSR count). The van der Waals surface area contributed by atoms with E-state index in [4.69, 9.17) is 0 Å².